The molecule has 2 N–H and O–H groups in total. The molecule has 0 aliphatic heterocycles. The highest BCUT2D eigenvalue weighted by atomic mass is 16.2. The van der Waals surface area contributed by atoms with Crippen LogP contribution in [0, 0.1) is 0 Å². The Kier molecular flexibility index (Phi) is 19.5. The third-order valence-electron chi connectivity index (χ3n) is 0.545. The Morgan fingerprint density at radius 2 is 1.78 bits per heavy atom. The Morgan fingerprint density at radius 3 is 2.11 bits per heavy atom. The number of rotatable bonds is 2. The van der Waals surface area contributed by atoms with Gasteiger partial charge in [0, 0.05) is 7.11 Å². The molecule has 0 saturated heterocycles. The molecule has 0 aliphatic rings. The van der Waals surface area contributed by atoms with Gasteiger partial charge in [-0.05, 0) is 6.92 Å². The van der Waals surface area contributed by atoms with E-state index in [1.807, 2.05) is 19.1 Å². The first-order valence-electron chi connectivity index (χ1n) is 2.75. The van der Waals surface area contributed by atoms with Gasteiger partial charge in [0.25, 0.3) is 0 Å². The minimum Gasteiger partial charge on any atom is -0.400 e. The SMILES string of the molecule is C/C=C/C=C/CO.CO. The monoisotopic (exact) mass is 130 g/mol. The lowest BCUT2D eigenvalue weighted by atomic mass is 10.4. The van der Waals surface area contributed by atoms with E-state index in [-0.39, 0.29) is 6.61 Å². The summed E-state index contributed by atoms with van der Waals surface area (Å²) in [6.07, 6.45) is 7.27. The average molecular weight is 130 g/mol. The highest BCUT2D eigenvalue weighted by Gasteiger charge is 1.58. The average Bonchev–Trinajstić information content (AvgIpc) is 1.94. The van der Waals surface area contributed by atoms with E-state index in [9.17, 15) is 0 Å². The van der Waals surface area contributed by atoms with Crippen LogP contribution in [-0.2, 0) is 0 Å². The highest BCUT2D eigenvalue weighted by Crippen LogP contribution is 1.72. The zero-order valence-corrected chi connectivity index (χ0v) is 5.91. The molecule has 0 radical (unpaired) electrons. The minimum absolute atomic E-state index is 0.129. The first-order chi connectivity index (χ1) is 4.41. The maximum Gasteiger partial charge on any atom is 0.0615 e. The summed E-state index contributed by atoms with van der Waals surface area (Å²) in [5.41, 5.74) is 0. The van der Waals surface area contributed by atoms with Crippen LogP contribution in [0.4, 0.5) is 0 Å². The van der Waals surface area contributed by atoms with Gasteiger partial charge >= 0.3 is 0 Å². The molecule has 0 amide bonds. The summed E-state index contributed by atoms with van der Waals surface area (Å²) in [5.74, 6) is 0. The summed E-state index contributed by atoms with van der Waals surface area (Å²) >= 11 is 0. The topological polar surface area (TPSA) is 40.5 Å². The van der Waals surface area contributed by atoms with Crippen LogP contribution in [0.15, 0.2) is 24.3 Å². The van der Waals surface area contributed by atoms with Crippen molar-refractivity contribution < 1.29 is 10.2 Å². The van der Waals surface area contributed by atoms with Crippen molar-refractivity contribution in [3.05, 3.63) is 24.3 Å². The first kappa shape index (κ1) is 11.2. The van der Waals surface area contributed by atoms with E-state index in [4.69, 9.17) is 10.2 Å². The molecule has 2 heteroatoms. The van der Waals surface area contributed by atoms with Gasteiger partial charge in [0.15, 0.2) is 0 Å². The Hall–Kier alpha value is -0.600. The predicted molar refractivity (Wildman–Crippen MR) is 39.2 cm³/mol. The third kappa shape index (κ3) is 18.7. The van der Waals surface area contributed by atoms with E-state index in [0.717, 1.165) is 7.11 Å². The van der Waals surface area contributed by atoms with Crippen molar-refractivity contribution in [1.82, 2.24) is 0 Å². The fourth-order valence-corrected chi connectivity index (χ4v) is 0.251. The molecule has 0 fully saturated rings. The van der Waals surface area contributed by atoms with Crippen LogP contribution in [0.2, 0.25) is 0 Å². The second-order valence-corrected chi connectivity index (χ2v) is 1.14. The van der Waals surface area contributed by atoms with Crippen molar-refractivity contribution in [1.29, 1.82) is 0 Å². The molecule has 2 nitrogen and oxygen atoms in total. The van der Waals surface area contributed by atoms with E-state index in [1.54, 1.807) is 12.2 Å². The van der Waals surface area contributed by atoms with Crippen LogP contribution in [0.3, 0.4) is 0 Å². The number of aliphatic hydroxyl groups is 2. The van der Waals surface area contributed by atoms with Crippen LogP contribution in [0.1, 0.15) is 6.92 Å². The zero-order chi connectivity index (χ0) is 7.54. The number of aliphatic hydroxyl groups excluding tert-OH is 2. The van der Waals surface area contributed by atoms with Gasteiger partial charge in [0.05, 0.1) is 6.61 Å². The number of allylic oxidation sites excluding steroid dienone is 3. The summed E-state index contributed by atoms with van der Waals surface area (Å²) in [6, 6.07) is 0. The summed E-state index contributed by atoms with van der Waals surface area (Å²) in [4.78, 5) is 0. The van der Waals surface area contributed by atoms with Crippen molar-refractivity contribution in [3.63, 3.8) is 0 Å². The van der Waals surface area contributed by atoms with Gasteiger partial charge in [-0.2, -0.15) is 0 Å². The molecule has 0 saturated carbocycles. The van der Waals surface area contributed by atoms with E-state index < -0.39 is 0 Å². The molecule has 0 bridgehead atoms. The van der Waals surface area contributed by atoms with E-state index in [2.05, 4.69) is 0 Å². The van der Waals surface area contributed by atoms with Crippen molar-refractivity contribution in [2.24, 2.45) is 0 Å². The fraction of sp³-hybridized carbons (Fsp3) is 0.429. The van der Waals surface area contributed by atoms with E-state index in [1.165, 1.54) is 0 Å². The lowest BCUT2D eigenvalue weighted by molar-refractivity contribution is 0.343. The third-order valence-corrected chi connectivity index (χ3v) is 0.545. The standard InChI is InChI=1S/C6H10O.CH4O/c1-2-3-4-5-6-7;1-2/h2-5,7H,6H2,1H3;2H,1H3/b3-2+,5-4+;. The second-order valence-electron chi connectivity index (χ2n) is 1.14. The predicted octanol–water partition coefficient (Wildman–Crippen LogP) is 0.720. The molecule has 0 aromatic heterocycles. The highest BCUT2D eigenvalue weighted by molar-refractivity contribution is 5.00. The lowest BCUT2D eigenvalue weighted by Gasteiger charge is -1.70. The summed E-state index contributed by atoms with van der Waals surface area (Å²) in [7, 11) is 1.00. The fourth-order valence-electron chi connectivity index (χ4n) is 0.251. The van der Waals surface area contributed by atoms with Crippen molar-refractivity contribution in [2.75, 3.05) is 13.7 Å². The largest absolute Gasteiger partial charge is 0.400 e. The van der Waals surface area contributed by atoms with Gasteiger partial charge in [-0.3, -0.25) is 0 Å². The van der Waals surface area contributed by atoms with Crippen LogP contribution >= 0.6 is 0 Å². The molecule has 0 aromatic rings. The molecular formula is C7H14O2. The summed E-state index contributed by atoms with van der Waals surface area (Å²) in [5, 5.41) is 15.2. The van der Waals surface area contributed by atoms with Crippen LogP contribution in [0.5, 0.6) is 0 Å². The van der Waals surface area contributed by atoms with Gasteiger partial charge < -0.3 is 10.2 Å². The Balaban J connectivity index is 0. The molecule has 0 aromatic carbocycles. The van der Waals surface area contributed by atoms with Gasteiger partial charge in [-0.25, -0.2) is 0 Å². The molecule has 0 rings (SSSR count). The van der Waals surface area contributed by atoms with Gasteiger partial charge in [-0.1, -0.05) is 24.3 Å². The Labute approximate surface area is 56.1 Å². The second kappa shape index (κ2) is 15.7. The quantitative estimate of drug-likeness (QED) is 0.541. The van der Waals surface area contributed by atoms with Crippen molar-refractivity contribution in [3.8, 4) is 0 Å². The maximum absolute atomic E-state index is 8.17. The molecule has 0 heterocycles. The number of hydrogen-bond acceptors (Lipinski definition) is 2. The molecule has 0 unspecified atom stereocenters. The molecule has 54 valence electrons. The minimum atomic E-state index is 0.129. The normalized spacial score (nSPS) is 9.78. The molecule has 9 heavy (non-hydrogen) atoms. The molecule has 0 spiro atoms. The van der Waals surface area contributed by atoms with Crippen LogP contribution in [0.25, 0.3) is 0 Å². The zero-order valence-electron chi connectivity index (χ0n) is 5.91. The van der Waals surface area contributed by atoms with Gasteiger partial charge in [0.1, 0.15) is 0 Å². The van der Waals surface area contributed by atoms with Crippen LogP contribution < -0.4 is 0 Å². The van der Waals surface area contributed by atoms with E-state index in [0.29, 0.717) is 0 Å². The molecule has 0 aliphatic carbocycles. The summed E-state index contributed by atoms with van der Waals surface area (Å²) in [6.45, 7) is 2.06. The van der Waals surface area contributed by atoms with Crippen molar-refractivity contribution in [2.45, 2.75) is 6.92 Å². The number of hydrogen-bond donors (Lipinski definition) is 2. The molecule has 0 atom stereocenters. The van der Waals surface area contributed by atoms with Crippen molar-refractivity contribution >= 4 is 0 Å². The first-order valence-corrected chi connectivity index (χ1v) is 2.75. The van der Waals surface area contributed by atoms with E-state index >= 15 is 0 Å². The Bertz CT molecular complexity index is 75.0. The molecular weight excluding hydrogens is 116 g/mol. The lowest BCUT2D eigenvalue weighted by Crippen LogP contribution is -1.66. The van der Waals surface area contributed by atoms with Gasteiger partial charge in [-0.15, -0.1) is 0 Å². The van der Waals surface area contributed by atoms with Gasteiger partial charge in [0.2, 0.25) is 0 Å². The Morgan fingerprint density at radius 1 is 1.22 bits per heavy atom. The summed E-state index contributed by atoms with van der Waals surface area (Å²) < 4.78 is 0. The maximum atomic E-state index is 8.17. The van der Waals surface area contributed by atoms with Crippen LogP contribution in [-0.4, -0.2) is 23.9 Å². The smallest absolute Gasteiger partial charge is 0.0615 e.